The first-order valence-electron chi connectivity index (χ1n) is 2.60. The van der Waals surface area contributed by atoms with Gasteiger partial charge in [0, 0.05) is 0 Å². The number of hydrogen-bond donors (Lipinski definition) is 1. The standard InChI is InChI=1S/C4H8O3S/c5-8(6)7-4-2-1-3-4/h4,8H,1-3H2. The molecule has 1 aliphatic rings. The minimum Gasteiger partial charge on any atom is -0.269 e. The molecule has 0 N–H and O–H groups in total. The monoisotopic (exact) mass is 136 g/mol. The smallest absolute Gasteiger partial charge is 0.257 e. The molecule has 0 spiro atoms. The van der Waals surface area contributed by atoms with E-state index in [-0.39, 0.29) is 6.10 Å². The Morgan fingerprint density at radius 3 is 2.12 bits per heavy atom. The highest BCUT2D eigenvalue weighted by Crippen LogP contribution is 2.21. The Bertz CT molecular complexity index is 128. The minimum absolute atomic E-state index is 0.0103. The zero-order valence-corrected chi connectivity index (χ0v) is 5.27. The average Bonchev–Trinajstić information content (AvgIpc) is 1.55. The predicted molar refractivity (Wildman–Crippen MR) is 29.0 cm³/mol. The van der Waals surface area contributed by atoms with Crippen LogP contribution in [-0.4, -0.2) is 14.5 Å². The molecule has 0 aromatic heterocycles. The Morgan fingerprint density at radius 1 is 1.38 bits per heavy atom. The van der Waals surface area contributed by atoms with Crippen molar-refractivity contribution in [1.82, 2.24) is 0 Å². The minimum atomic E-state index is -2.59. The van der Waals surface area contributed by atoms with Gasteiger partial charge in [-0.2, -0.15) is 0 Å². The van der Waals surface area contributed by atoms with E-state index in [9.17, 15) is 8.42 Å². The summed E-state index contributed by atoms with van der Waals surface area (Å²) in [4.78, 5) is 0. The summed E-state index contributed by atoms with van der Waals surface area (Å²) in [5.74, 6) is 0. The molecule has 1 fully saturated rings. The summed E-state index contributed by atoms with van der Waals surface area (Å²) in [5, 5.41) is 0. The van der Waals surface area contributed by atoms with Gasteiger partial charge in [0.2, 0.25) is 0 Å². The third-order valence-electron chi connectivity index (χ3n) is 1.29. The Balaban J connectivity index is 2.19. The fourth-order valence-corrected chi connectivity index (χ4v) is 1.05. The van der Waals surface area contributed by atoms with E-state index in [0.29, 0.717) is 0 Å². The lowest BCUT2D eigenvalue weighted by molar-refractivity contribution is 0.134. The van der Waals surface area contributed by atoms with Gasteiger partial charge in [-0.1, -0.05) is 0 Å². The largest absolute Gasteiger partial charge is 0.269 e. The second-order valence-electron chi connectivity index (χ2n) is 1.88. The first-order chi connectivity index (χ1) is 3.79. The maximum absolute atomic E-state index is 9.82. The molecule has 8 heavy (non-hydrogen) atoms. The molecule has 3 nitrogen and oxygen atoms in total. The molecule has 4 heteroatoms. The van der Waals surface area contributed by atoms with Gasteiger partial charge in [-0.15, -0.1) is 0 Å². The topological polar surface area (TPSA) is 43.4 Å². The van der Waals surface area contributed by atoms with Crippen molar-refractivity contribution in [3.05, 3.63) is 0 Å². The van der Waals surface area contributed by atoms with Crippen LogP contribution in [0.1, 0.15) is 19.3 Å². The van der Waals surface area contributed by atoms with Crippen molar-refractivity contribution in [2.45, 2.75) is 25.4 Å². The maximum Gasteiger partial charge on any atom is 0.257 e. The first kappa shape index (κ1) is 6.04. The van der Waals surface area contributed by atoms with Gasteiger partial charge in [-0.3, -0.25) is 4.18 Å². The molecule has 0 radical (unpaired) electrons. The van der Waals surface area contributed by atoms with Gasteiger partial charge in [0.25, 0.3) is 11.0 Å². The number of hydrogen-bond acceptors (Lipinski definition) is 3. The lowest BCUT2D eigenvalue weighted by Gasteiger charge is -2.21. The van der Waals surface area contributed by atoms with Crippen LogP contribution in [0.5, 0.6) is 0 Å². The van der Waals surface area contributed by atoms with E-state index >= 15 is 0 Å². The van der Waals surface area contributed by atoms with Crippen molar-refractivity contribution in [1.29, 1.82) is 0 Å². The molecular formula is C4H8O3S. The van der Waals surface area contributed by atoms with Crippen LogP contribution in [0.25, 0.3) is 0 Å². The summed E-state index contributed by atoms with van der Waals surface area (Å²) >= 11 is 0. The summed E-state index contributed by atoms with van der Waals surface area (Å²) < 4.78 is 24.1. The summed E-state index contributed by atoms with van der Waals surface area (Å²) in [6.45, 7) is 0. The summed E-state index contributed by atoms with van der Waals surface area (Å²) in [6.07, 6.45) is 2.93. The molecular weight excluding hydrogens is 128 g/mol. The van der Waals surface area contributed by atoms with Gasteiger partial charge in [-0.25, -0.2) is 8.42 Å². The molecule has 0 aliphatic heterocycles. The normalized spacial score (nSPS) is 21.1. The molecule has 48 valence electrons. The highest BCUT2D eigenvalue weighted by molar-refractivity contribution is 7.67. The number of thiol groups is 1. The van der Waals surface area contributed by atoms with E-state index in [4.69, 9.17) is 0 Å². The van der Waals surface area contributed by atoms with Crippen LogP contribution in [0, 0.1) is 0 Å². The second-order valence-corrected chi connectivity index (χ2v) is 2.54. The van der Waals surface area contributed by atoms with Gasteiger partial charge in [-0.05, 0) is 19.3 Å². The molecule has 1 rings (SSSR count). The van der Waals surface area contributed by atoms with Crippen molar-refractivity contribution in [2.75, 3.05) is 0 Å². The van der Waals surface area contributed by atoms with Crippen molar-refractivity contribution in [3.8, 4) is 0 Å². The van der Waals surface area contributed by atoms with E-state index in [0.717, 1.165) is 19.3 Å². The van der Waals surface area contributed by atoms with Crippen molar-refractivity contribution in [2.24, 2.45) is 0 Å². The molecule has 0 atom stereocenters. The molecule has 0 saturated heterocycles. The molecule has 0 aromatic carbocycles. The van der Waals surface area contributed by atoms with Crippen LogP contribution in [-0.2, 0) is 15.2 Å². The van der Waals surface area contributed by atoms with Gasteiger partial charge < -0.3 is 0 Å². The third-order valence-corrected chi connectivity index (χ3v) is 1.76. The lowest BCUT2D eigenvalue weighted by atomic mass is 9.97. The number of rotatable bonds is 2. The van der Waals surface area contributed by atoms with Crippen LogP contribution in [0.4, 0.5) is 0 Å². The fourth-order valence-electron chi connectivity index (χ4n) is 0.598. The van der Waals surface area contributed by atoms with Crippen LogP contribution in [0.2, 0.25) is 0 Å². The van der Waals surface area contributed by atoms with Gasteiger partial charge in [0.1, 0.15) is 0 Å². The predicted octanol–water partition coefficient (Wildman–Crippen LogP) is 0.0819. The Kier molecular flexibility index (Phi) is 1.85. The molecule has 0 heterocycles. The molecule has 0 bridgehead atoms. The third kappa shape index (κ3) is 1.45. The highest BCUT2D eigenvalue weighted by atomic mass is 32.2. The maximum atomic E-state index is 9.82. The van der Waals surface area contributed by atoms with E-state index < -0.39 is 11.0 Å². The van der Waals surface area contributed by atoms with Crippen LogP contribution < -0.4 is 0 Å². The molecule has 0 unspecified atom stereocenters. The molecule has 1 aliphatic carbocycles. The van der Waals surface area contributed by atoms with Crippen molar-refractivity contribution >= 4 is 11.0 Å². The summed E-state index contributed by atoms with van der Waals surface area (Å²) in [6, 6.07) is 0. The second kappa shape index (κ2) is 2.46. The quantitative estimate of drug-likeness (QED) is 0.547. The zero-order valence-electron chi connectivity index (χ0n) is 4.37. The van der Waals surface area contributed by atoms with E-state index in [1.807, 2.05) is 0 Å². The van der Waals surface area contributed by atoms with Crippen LogP contribution >= 0.6 is 0 Å². The lowest BCUT2D eigenvalue weighted by Crippen LogP contribution is -2.20. The zero-order chi connectivity index (χ0) is 5.98. The molecule has 0 amide bonds. The average molecular weight is 136 g/mol. The van der Waals surface area contributed by atoms with Crippen LogP contribution in [0.15, 0.2) is 0 Å². The highest BCUT2D eigenvalue weighted by Gasteiger charge is 2.18. The van der Waals surface area contributed by atoms with Gasteiger partial charge in [0.15, 0.2) is 0 Å². The van der Waals surface area contributed by atoms with E-state index in [2.05, 4.69) is 4.18 Å². The Morgan fingerprint density at radius 2 is 2.00 bits per heavy atom. The molecule has 0 aromatic rings. The van der Waals surface area contributed by atoms with Crippen LogP contribution in [0.3, 0.4) is 0 Å². The summed E-state index contributed by atoms with van der Waals surface area (Å²) in [7, 11) is -2.59. The first-order valence-corrected chi connectivity index (χ1v) is 3.70. The van der Waals surface area contributed by atoms with Crippen molar-refractivity contribution < 1.29 is 12.6 Å². The van der Waals surface area contributed by atoms with E-state index in [1.165, 1.54) is 0 Å². The summed E-state index contributed by atoms with van der Waals surface area (Å²) in [5.41, 5.74) is 0. The molecule has 1 saturated carbocycles. The van der Waals surface area contributed by atoms with Crippen molar-refractivity contribution in [3.63, 3.8) is 0 Å². The Labute approximate surface area is 49.8 Å². The fraction of sp³-hybridized carbons (Fsp3) is 1.00. The Hall–Kier alpha value is -0.0900. The van der Waals surface area contributed by atoms with Gasteiger partial charge >= 0.3 is 0 Å². The van der Waals surface area contributed by atoms with Gasteiger partial charge in [0.05, 0.1) is 6.10 Å². The van der Waals surface area contributed by atoms with E-state index in [1.54, 1.807) is 0 Å². The SMILES string of the molecule is O=[SH](=O)OC1CCC1.